The number of nitriles is 1. The Morgan fingerprint density at radius 3 is 2.58 bits per heavy atom. The van der Waals surface area contributed by atoms with E-state index in [-0.39, 0.29) is 5.56 Å². The molecule has 0 radical (unpaired) electrons. The van der Waals surface area contributed by atoms with Gasteiger partial charge in [0.1, 0.15) is 0 Å². The molecular formula is C25H22N4O2. The summed E-state index contributed by atoms with van der Waals surface area (Å²) in [5.74, 6) is -0.318. The summed E-state index contributed by atoms with van der Waals surface area (Å²) in [5, 5.41) is 22.4. The Labute approximate surface area is 180 Å². The van der Waals surface area contributed by atoms with E-state index in [1.54, 1.807) is 18.2 Å². The number of imidazole rings is 1. The van der Waals surface area contributed by atoms with E-state index in [4.69, 9.17) is 0 Å². The SMILES string of the molecule is CCCNc1nc2cccc(C(=O)O)c2n1Cc1ccc(-c2ccccc2C#N)cc1. The van der Waals surface area contributed by atoms with Crippen molar-refractivity contribution in [3.8, 4) is 17.2 Å². The minimum atomic E-state index is -0.975. The number of aromatic carboxylic acids is 1. The molecule has 154 valence electrons. The number of para-hydroxylation sites is 1. The van der Waals surface area contributed by atoms with E-state index in [1.807, 2.05) is 53.1 Å². The minimum absolute atomic E-state index is 0.231. The van der Waals surface area contributed by atoms with Gasteiger partial charge in [0.15, 0.2) is 0 Å². The number of fused-ring (bicyclic) bond motifs is 1. The largest absolute Gasteiger partial charge is 0.478 e. The Hall–Kier alpha value is -4.11. The van der Waals surface area contributed by atoms with Crippen molar-refractivity contribution in [2.75, 3.05) is 11.9 Å². The lowest BCUT2D eigenvalue weighted by Crippen LogP contribution is -2.10. The standard InChI is InChI=1S/C25H22N4O2/c1-2-14-27-25-28-22-9-5-8-21(24(30)31)23(22)29(25)16-17-10-12-18(13-11-17)20-7-4-3-6-19(20)15-26/h3-13H,2,14,16H2,1H3,(H,27,28)(H,30,31). The highest BCUT2D eigenvalue weighted by Gasteiger charge is 2.18. The number of nitrogens with zero attached hydrogens (tertiary/aromatic N) is 3. The van der Waals surface area contributed by atoms with E-state index >= 15 is 0 Å². The van der Waals surface area contributed by atoms with Crippen molar-refractivity contribution in [1.82, 2.24) is 9.55 Å². The Morgan fingerprint density at radius 1 is 1.10 bits per heavy atom. The highest BCUT2D eigenvalue weighted by molar-refractivity contribution is 6.02. The van der Waals surface area contributed by atoms with Crippen LogP contribution in [-0.2, 0) is 6.54 Å². The summed E-state index contributed by atoms with van der Waals surface area (Å²) in [4.78, 5) is 16.4. The number of benzene rings is 3. The molecule has 0 fully saturated rings. The Bertz CT molecular complexity index is 1280. The van der Waals surface area contributed by atoms with Crippen LogP contribution in [0.5, 0.6) is 0 Å². The maximum absolute atomic E-state index is 11.8. The Balaban J connectivity index is 1.74. The van der Waals surface area contributed by atoms with Crippen molar-refractivity contribution >= 4 is 23.0 Å². The second-order valence-electron chi connectivity index (χ2n) is 7.28. The van der Waals surface area contributed by atoms with Gasteiger partial charge in [-0.2, -0.15) is 5.26 Å². The number of aromatic nitrogens is 2. The van der Waals surface area contributed by atoms with Crippen LogP contribution < -0.4 is 5.32 Å². The maximum atomic E-state index is 11.8. The van der Waals surface area contributed by atoms with Gasteiger partial charge in [0.2, 0.25) is 5.95 Å². The third kappa shape index (κ3) is 3.99. The van der Waals surface area contributed by atoms with Gasteiger partial charge in [-0.15, -0.1) is 0 Å². The summed E-state index contributed by atoms with van der Waals surface area (Å²) in [5.41, 5.74) is 4.99. The Kier molecular flexibility index (Phi) is 5.67. The highest BCUT2D eigenvalue weighted by Crippen LogP contribution is 2.27. The number of rotatable bonds is 7. The second kappa shape index (κ2) is 8.72. The number of hydrogen-bond donors (Lipinski definition) is 2. The van der Waals surface area contributed by atoms with Crippen LogP contribution in [0, 0.1) is 11.3 Å². The van der Waals surface area contributed by atoms with Crippen molar-refractivity contribution in [3.05, 3.63) is 83.4 Å². The van der Waals surface area contributed by atoms with Crippen LogP contribution in [0.2, 0.25) is 0 Å². The molecule has 3 aromatic carbocycles. The van der Waals surface area contributed by atoms with Crippen molar-refractivity contribution in [2.45, 2.75) is 19.9 Å². The molecule has 4 rings (SSSR count). The number of carbonyl (C=O) groups is 1. The van der Waals surface area contributed by atoms with E-state index in [9.17, 15) is 15.2 Å². The fourth-order valence-electron chi connectivity index (χ4n) is 3.69. The zero-order valence-corrected chi connectivity index (χ0v) is 17.2. The van der Waals surface area contributed by atoms with Gasteiger partial charge in [0, 0.05) is 6.54 Å². The van der Waals surface area contributed by atoms with Gasteiger partial charge in [-0.25, -0.2) is 9.78 Å². The first-order chi connectivity index (χ1) is 15.1. The van der Waals surface area contributed by atoms with Crippen LogP contribution >= 0.6 is 0 Å². The van der Waals surface area contributed by atoms with Crippen LogP contribution in [0.15, 0.2) is 66.7 Å². The maximum Gasteiger partial charge on any atom is 0.337 e. The summed E-state index contributed by atoms with van der Waals surface area (Å²) < 4.78 is 1.92. The number of anilines is 1. The average Bonchev–Trinajstić information content (AvgIpc) is 3.15. The number of nitrogens with one attached hydrogen (secondary N) is 1. The summed E-state index contributed by atoms with van der Waals surface area (Å²) in [6, 6.07) is 22.9. The second-order valence-corrected chi connectivity index (χ2v) is 7.28. The van der Waals surface area contributed by atoms with E-state index in [1.165, 1.54) is 0 Å². The lowest BCUT2D eigenvalue weighted by Gasteiger charge is -2.12. The molecule has 0 saturated heterocycles. The molecule has 0 saturated carbocycles. The molecule has 0 aliphatic heterocycles. The van der Waals surface area contributed by atoms with Crippen molar-refractivity contribution in [3.63, 3.8) is 0 Å². The van der Waals surface area contributed by atoms with Crippen molar-refractivity contribution in [1.29, 1.82) is 5.26 Å². The minimum Gasteiger partial charge on any atom is -0.478 e. The van der Waals surface area contributed by atoms with Crippen molar-refractivity contribution < 1.29 is 9.90 Å². The monoisotopic (exact) mass is 410 g/mol. The molecule has 2 N–H and O–H groups in total. The lowest BCUT2D eigenvalue weighted by molar-refractivity contribution is 0.0698. The molecule has 0 aliphatic carbocycles. The smallest absolute Gasteiger partial charge is 0.337 e. The molecule has 1 aromatic heterocycles. The topological polar surface area (TPSA) is 90.9 Å². The molecule has 0 bridgehead atoms. The van der Waals surface area contributed by atoms with Gasteiger partial charge >= 0.3 is 5.97 Å². The molecule has 1 heterocycles. The van der Waals surface area contributed by atoms with Crippen LogP contribution in [0.4, 0.5) is 5.95 Å². The lowest BCUT2D eigenvalue weighted by atomic mass is 9.99. The zero-order valence-electron chi connectivity index (χ0n) is 17.2. The van der Waals surface area contributed by atoms with E-state index in [0.29, 0.717) is 29.1 Å². The fraction of sp³-hybridized carbons (Fsp3) is 0.160. The summed E-state index contributed by atoms with van der Waals surface area (Å²) in [7, 11) is 0. The molecule has 0 aliphatic rings. The molecule has 6 heteroatoms. The van der Waals surface area contributed by atoms with Crippen LogP contribution in [0.25, 0.3) is 22.2 Å². The van der Waals surface area contributed by atoms with Crippen molar-refractivity contribution in [2.24, 2.45) is 0 Å². The third-order valence-electron chi connectivity index (χ3n) is 5.18. The van der Waals surface area contributed by atoms with Gasteiger partial charge in [-0.1, -0.05) is 55.5 Å². The molecular weight excluding hydrogens is 388 g/mol. The van der Waals surface area contributed by atoms with E-state index < -0.39 is 5.97 Å². The van der Waals surface area contributed by atoms with Crippen LogP contribution in [0.1, 0.15) is 34.8 Å². The van der Waals surface area contributed by atoms with Gasteiger partial charge in [0.05, 0.1) is 34.8 Å². The fourth-order valence-corrected chi connectivity index (χ4v) is 3.69. The summed E-state index contributed by atoms with van der Waals surface area (Å²) in [6.07, 6.45) is 0.933. The first-order valence-corrected chi connectivity index (χ1v) is 10.2. The predicted molar refractivity (Wildman–Crippen MR) is 121 cm³/mol. The molecule has 0 amide bonds. The molecule has 0 spiro atoms. The quantitative estimate of drug-likeness (QED) is 0.440. The number of hydrogen-bond acceptors (Lipinski definition) is 4. The molecule has 31 heavy (non-hydrogen) atoms. The first kappa shape index (κ1) is 20.2. The summed E-state index contributed by atoms with van der Waals surface area (Å²) in [6.45, 7) is 3.29. The van der Waals surface area contributed by atoms with Gasteiger partial charge in [-0.3, -0.25) is 0 Å². The van der Waals surface area contributed by atoms with Crippen LogP contribution in [-0.4, -0.2) is 27.2 Å². The van der Waals surface area contributed by atoms with Crippen LogP contribution in [0.3, 0.4) is 0 Å². The molecule has 4 aromatic rings. The summed E-state index contributed by atoms with van der Waals surface area (Å²) >= 11 is 0. The predicted octanol–water partition coefficient (Wildman–Crippen LogP) is 5.14. The number of carboxylic acid groups (broad SMARTS) is 1. The van der Waals surface area contributed by atoms with Gasteiger partial charge < -0.3 is 15.0 Å². The molecule has 0 atom stereocenters. The molecule has 6 nitrogen and oxygen atoms in total. The van der Waals surface area contributed by atoms with Gasteiger partial charge in [-0.05, 0) is 41.3 Å². The zero-order chi connectivity index (χ0) is 21.8. The highest BCUT2D eigenvalue weighted by atomic mass is 16.4. The Morgan fingerprint density at radius 2 is 1.87 bits per heavy atom. The normalized spacial score (nSPS) is 10.7. The van der Waals surface area contributed by atoms with Gasteiger partial charge in [0.25, 0.3) is 0 Å². The third-order valence-corrected chi connectivity index (χ3v) is 5.18. The molecule has 0 unspecified atom stereocenters. The average molecular weight is 410 g/mol. The first-order valence-electron chi connectivity index (χ1n) is 10.2. The number of carboxylic acids is 1. The van der Waals surface area contributed by atoms with E-state index in [0.717, 1.165) is 29.7 Å². The van der Waals surface area contributed by atoms with E-state index in [2.05, 4.69) is 23.3 Å².